The van der Waals surface area contributed by atoms with Crippen LogP contribution in [0.1, 0.15) is 175 Å². The van der Waals surface area contributed by atoms with Crippen LogP contribution < -0.4 is 0 Å². The monoisotopic (exact) mass is 598 g/mol. The lowest BCUT2D eigenvalue weighted by Gasteiger charge is -2.21. The highest BCUT2D eigenvalue weighted by Gasteiger charge is 2.19. The molecule has 0 aromatic rings. The minimum Gasteiger partial charge on any atom is -0.466 e. The normalized spacial score (nSPS) is 12.1. The van der Waals surface area contributed by atoms with Gasteiger partial charge in [0.15, 0.2) is 0 Å². The number of esters is 2. The Bertz CT molecular complexity index is 585. The van der Waals surface area contributed by atoms with Gasteiger partial charge in [0.1, 0.15) is 0 Å². The molecule has 0 bridgehead atoms. The van der Waals surface area contributed by atoms with Crippen LogP contribution in [0.3, 0.4) is 0 Å². The summed E-state index contributed by atoms with van der Waals surface area (Å²) in [5.74, 6) is -0.00199. The molecule has 0 heterocycles. The summed E-state index contributed by atoms with van der Waals surface area (Å²) in [5.41, 5.74) is 0. The summed E-state index contributed by atoms with van der Waals surface area (Å²) in [4.78, 5) is 27.1. The molecule has 0 amide bonds. The molecule has 1 atom stereocenters. The Kier molecular flexibility index (Phi) is 31.9. The molecule has 6 nitrogen and oxygen atoms in total. The second-order valence-corrected chi connectivity index (χ2v) is 12.3. The van der Waals surface area contributed by atoms with E-state index in [1.807, 2.05) is 0 Å². The maximum atomic E-state index is 12.8. The van der Waals surface area contributed by atoms with Gasteiger partial charge in [-0.15, -0.1) is 0 Å². The van der Waals surface area contributed by atoms with Gasteiger partial charge in [-0.1, -0.05) is 124 Å². The molecular formula is C36H71NO5. The van der Waals surface area contributed by atoms with Gasteiger partial charge < -0.3 is 19.5 Å². The highest BCUT2D eigenvalue weighted by atomic mass is 16.5. The molecule has 0 saturated carbocycles. The van der Waals surface area contributed by atoms with Gasteiger partial charge in [0.05, 0.1) is 25.7 Å². The van der Waals surface area contributed by atoms with Crippen LogP contribution in [-0.2, 0) is 19.1 Å². The van der Waals surface area contributed by atoms with Crippen molar-refractivity contribution in [3.8, 4) is 0 Å². The molecular weight excluding hydrogens is 526 g/mol. The summed E-state index contributed by atoms with van der Waals surface area (Å²) < 4.78 is 11.1. The average Bonchev–Trinajstić information content (AvgIpc) is 2.98. The second kappa shape index (κ2) is 32.8. The van der Waals surface area contributed by atoms with Gasteiger partial charge in [-0.2, -0.15) is 0 Å². The molecule has 1 unspecified atom stereocenters. The number of carbonyl (C=O) groups excluding carboxylic acids is 2. The zero-order valence-electron chi connectivity index (χ0n) is 28.3. The van der Waals surface area contributed by atoms with Crippen molar-refractivity contribution in [3.63, 3.8) is 0 Å². The molecule has 0 aromatic carbocycles. The molecule has 0 aliphatic rings. The molecule has 0 spiro atoms. The van der Waals surface area contributed by atoms with E-state index in [1.165, 1.54) is 83.5 Å². The number of unbranched alkanes of at least 4 members (excludes halogenated alkanes) is 16. The molecule has 250 valence electrons. The quantitative estimate of drug-likeness (QED) is 0.0600. The van der Waals surface area contributed by atoms with E-state index < -0.39 is 0 Å². The number of hydrogen-bond donors (Lipinski definition) is 1. The zero-order valence-corrected chi connectivity index (χ0v) is 28.3. The third-order valence-electron chi connectivity index (χ3n) is 8.29. The van der Waals surface area contributed by atoms with Gasteiger partial charge in [-0.05, 0) is 58.0 Å². The van der Waals surface area contributed by atoms with Crippen molar-refractivity contribution < 1.29 is 24.2 Å². The lowest BCUT2D eigenvalue weighted by Crippen LogP contribution is -2.29. The van der Waals surface area contributed by atoms with E-state index in [4.69, 9.17) is 9.47 Å². The zero-order chi connectivity index (χ0) is 30.9. The maximum absolute atomic E-state index is 12.8. The number of carbonyl (C=O) groups is 2. The Balaban J connectivity index is 4.07. The smallest absolute Gasteiger partial charge is 0.308 e. The van der Waals surface area contributed by atoms with Crippen LogP contribution in [0.5, 0.6) is 0 Å². The summed E-state index contributed by atoms with van der Waals surface area (Å²) in [6.07, 6.45) is 26.8. The van der Waals surface area contributed by atoms with Crippen molar-refractivity contribution in [2.75, 3.05) is 39.5 Å². The fourth-order valence-corrected chi connectivity index (χ4v) is 5.50. The molecule has 0 saturated heterocycles. The Hall–Kier alpha value is -1.14. The van der Waals surface area contributed by atoms with Crippen LogP contribution >= 0.6 is 0 Å². The number of ether oxygens (including phenoxy) is 2. The van der Waals surface area contributed by atoms with Crippen molar-refractivity contribution in [2.24, 2.45) is 5.92 Å². The number of nitrogens with zero attached hydrogens (tertiary/aromatic N) is 1. The molecule has 0 radical (unpaired) electrons. The van der Waals surface area contributed by atoms with E-state index in [0.29, 0.717) is 26.2 Å². The largest absolute Gasteiger partial charge is 0.466 e. The molecule has 0 aliphatic heterocycles. The van der Waals surface area contributed by atoms with Gasteiger partial charge in [0.25, 0.3) is 0 Å². The van der Waals surface area contributed by atoms with Crippen LogP contribution in [0, 0.1) is 5.92 Å². The van der Waals surface area contributed by atoms with Crippen molar-refractivity contribution in [2.45, 2.75) is 175 Å². The maximum Gasteiger partial charge on any atom is 0.308 e. The van der Waals surface area contributed by atoms with Crippen LogP contribution in [0.2, 0.25) is 0 Å². The number of aliphatic hydroxyl groups excluding tert-OH is 1. The summed E-state index contributed by atoms with van der Waals surface area (Å²) in [7, 11) is 0. The number of hydrogen-bond acceptors (Lipinski definition) is 6. The first-order valence-electron chi connectivity index (χ1n) is 18.2. The third-order valence-corrected chi connectivity index (χ3v) is 8.29. The van der Waals surface area contributed by atoms with Gasteiger partial charge in [0.2, 0.25) is 0 Å². The summed E-state index contributed by atoms with van der Waals surface area (Å²) >= 11 is 0. The van der Waals surface area contributed by atoms with Gasteiger partial charge in [0, 0.05) is 13.0 Å². The van der Waals surface area contributed by atoms with Gasteiger partial charge >= 0.3 is 11.9 Å². The lowest BCUT2D eigenvalue weighted by atomic mass is 9.94. The predicted molar refractivity (Wildman–Crippen MR) is 177 cm³/mol. The topological polar surface area (TPSA) is 76.1 Å². The Labute approximate surface area is 261 Å². The molecule has 0 aromatic heterocycles. The Morgan fingerprint density at radius 3 is 1.52 bits per heavy atom. The van der Waals surface area contributed by atoms with Crippen molar-refractivity contribution >= 4 is 11.9 Å². The van der Waals surface area contributed by atoms with E-state index in [9.17, 15) is 14.7 Å². The summed E-state index contributed by atoms with van der Waals surface area (Å²) in [5, 5.41) is 9.47. The highest BCUT2D eigenvalue weighted by molar-refractivity contribution is 5.72. The summed E-state index contributed by atoms with van der Waals surface area (Å²) in [6.45, 7) is 10.2. The third kappa shape index (κ3) is 27.7. The fraction of sp³-hybridized carbons (Fsp3) is 0.944. The van der Waals surface area contributed by atoms with Gasteiger partial charge in [-0.25, -0.2) is 0 Å². The minimum absolute atomic E-state index is 0.00814. The predicted octanol–water partition coefficient (Wildman–Crippen LogP) is 9.41. The molecule has 0 rings (SSSR count). The number of aliphatic hydroxyl groups is 1. The van der Waals surface area contributed by atoms with Gasteiger partial charge in [-0.3, -0.25) is 9.59 Å². The second-order valence-electron chi connectivity index (χ2n) is 12.3. The van der Waals surface area contributed by atoms with Crippen LogP contribution in [0.4, 0.5) is 0 Å². The minimum atomic E-state index is -0.0690. The van der Waals surface area contributed by atoms with Crippen molar-refractivity contribution in [1.82, 2.24) is 4.90 Å². The van der Waals surface area contributed by atoms with Crippen molar-refractivity contribution in [1.29, 1.82) is 0 Å². The highest BCUT2D eigenvalue weighted by Crippen LogP contribution is 2.20. The standard InChI is InChI=1S/C36H71NO5/c1-4-7-10-13-15-17-20-27-35(39)41-32-23-21-28-37(30-31-38)29-22-24-33-42-36(40)34(25-18-12-9-6-3)26-19-16-14-11-8-5-2/h34,38H,4-33H2,1-3H3. The SMILES string of the molecule is CCCCCCCCCC(=O)OCCCCN(CCO)CCCCOC(=O)C(CCCCCC)CCCCCCCC. The average molecular weight is 598 g/mol. The van der Waals surface area contributed by atoms with E-state index in [2.05, 4.69) is 25.7 Å². The Morgan fingerprint density at radius 1 is 0.548 bits per heavy atom. The van der Waals surface area contributed by atoms with Crippen molar-refractivity contribution in [3.05, 3.63) is 0 Å². The molecule has 0 fully saturated rings. The molecule has 1 N–H and O–H groups in total. The van der Waals surface area contributed by atoms with Crippen LogP contribution in [-0.4, -0.2) is 61.4 Å². The summed E-state index contributed by atoms with van der Waals surface area (Å²) in [6, 6.07) is 0. The van der Waals surface area contributed by atoms with E-state index in [0.717, 1.165) is 77.3 Å². The first-order chi connectivity index (χ1) is 20.6. The Morgan fingerprint density at radius 2 is 1.00 bits per heavy atom. The number of rotatable bonds is 33. The van der Waals surface area contributed by atoms with E-state index in [1.54, 1.807) is 0 Å². The van der Waals surface area contributed by atoms with Crippen LogP contribution in [0.15, 0.2) is 0 Å². The fourth-order valence-electron chi connectivity index (χ4n) is 5.50. The molecule has 0 aliphatic carbocycles. The first-order valence-corrected chi connectivity index (χ1v) is 18.2. The molecule has 6 heteroatoms. The lowest BCUT2D eigenvalue weighted by molar-refractivity contribution is -0.149. The molecule has 42 heavy (non-hydrogen) atoms. The van der Waals surface area contributed by atoms with E-state index >= 15 is 0 Å². The van der Waals surface area contributed by atoms with E-state index in [-0.39, 0.29) is 24.5 Å². The first kappa shape index (κ1) is 40.9. The van der Waals surface area contributed by atoms with Crippen LogP contribution in [0.25, 0.3) is 0 Å².